The van der Waals surface area contributed by atoms with Crippen molar-refractivity contribution in [2.75, 3.05) is 17.6 Å². The third-order valence-electron chi connectivity index (χ3n) is 4.26. The smallest absolute Gasteiger partial charge is 0.134 e. The van der Waals surface area contributed by atoms with Crippen molar-refractivity contribution >= 4 is 11.6 Å². The van der Waals surface area contributed by atoms with Crippen molar-refractivity contribution in [1.82, 2.24) is 9.97 Å². The predicted molar refractivity (Wildman–Crippen MR) is 80.0 cm³/mol. The molecule has 1 heterocycles. The van der Waals surface area contributed by atoms with Crippen molar-refractivity contribution in [3.05, 3.63) is 11.9 Å². The zero-order valence-corrected chi connectivity index (χ0v) is 12.4. The van der Waals surface area contributed by atoms with Crippen LogP contribution >= 0.6 is 0 Å². The molecule has 1 aliphatic rings. The maximum atomic E-state index is 5.83. The van der Waals surface area contributed by atoms with E-state index in [1.54, 1.807) is 0 Å². The maximum absolute atomic E-state index is 5.83. The van der Waals surface area contributed by atoms with Gasteiger partial charge in [0, 0.05) is 12.1 Å². The van der Waals surface area contributed by atoms with Gasteiger partial charge in [-0.2, -0.15) is 0 Å². The van der Waals surface area contributed by atoms with E-state index in [1.165, 1.54) is 38.4 Å². The average Bonchev–Trinajstić information content (AvgIpc) is 2.79. The monoisotopic (exact) mass is 262 g/mol. The Morgan fingerprint density at radius 3 is 2.63 bits per heavy atom. The lowest BCUT2D eigenvalue weighted by molar-refractivity contribution is 0.252. The summed E-state index contributed by atoms with van der Waals surface area (Å²) >= 11 is 0. The number of nitrogens with one attached hydrogen (secondary N) is 1. The summed E-state index contributed by atoms with van der Waals surface area (Å²) in [5.74, 6) is 2.21. The quantitative estimate of drug-likeness (QED) is 0.853. The summed E-state index contributed by atoms with van der Waals surface area (Å²) in [6.07, 6.45) is 8.21. The number of anilines is 2. The van der Waals surface area contributed by atoms with Crippen LogP contribution in [0.4, 0.5) is 11.6 Å². The summed E-state index contributed by atoms with van der Waals surface area (Å²) in [7, 11) is 0. The summed E-state index contributed by atoms with van der Waals surface area (Å²) in [5, 5.41) is 3.51. The number of nitrogen functional groups attached to an aromatic ring is 1. The fourth-order valence-electron chi connectivity index (χ4n) is 3.36. The predicted octanol–water partition coefficient (Wildman–Crippen LogP) is 3.39. The van der Waals surface area contributed by atoms with E-state index in [9.17, 15) is 0 Å². The van der Waals surface area contributed by atoms with Gasteiger partial charge in [0.1, 0.15) is 18.0 Å². The fraction of sp³-hybridized carbons (Fsp3) is 0.733. The summed E-state index contributed by atoms with van der Waals surface area (Å²) in [6.45, 7) is 7.60. The zero-order chi connectivity index (χ0) is 13.9. The first-order valence-electron chi connectivity index (χ1n) is 7.33. The maximum Gasteiger partial charge on any atom is 0.134 e. The molecule has 0 aromatic carbocycles. The molecule has 19 heavy (non-hydrogen) atoms. The van der Waals surface area contributed by atoms with E-state index in [4.69, 9.17) is 5.73 Å². The van der Waals surface area contributed by atoms with Gasteiger partial charge in [0.05, 0.1) is 0 Å². The van der Waals surface area contributed by atoms with E-state index in [0.29, 0.717) is 11.2 Å². The molecule has 0 amide bonds. The van der Waals surface area contributed by atoms with Gasteiger partial charge >= 0.3 is 0 Å². The van der Waals surface area contributed by atoms with E-state index < -0.39 is 0 Å². The Labute approximate surface area is 116 Å². The van der Waals surface area contributed by atoms with E-state index in [0.717, 1.165) is 23.8 Å². The Kier molecular flexibility index (Phi) is 4.27. The molecule has 1 aliphatic carbocycles. The van der Waals surface area contributed by atoms with Gasteiger partial charge in [-0.25, -0.2) is 9.97 Å². The highest BCUT2D eigenvalue weighted by atomic mass is 15.0. The molecule has 0 saturated heterocycles. The molecule has 2 rings (SSSR count). The minimum atomic E-state index is 0.445. The van der Waals surface area contributed by atoms with Gasteiger partial charge in [-0.3, -0.25) is 0 Å². The second-order valence-electron chi connectivity index (χ2n) is 6.39. The number of rotatable bonds is 5. The highest BCUT2D eigenvalue weighted by Gasteiger charge is 2.34. The van der Waals surface area contributed by atoms with Crippen LogP contribution in [0, 0.1) is 18.3 Å². The number of aromatic nitrogens is 2. The zero-order valence-electron chi connectivity index (χ0n) is 12.4. The van der Waals surface area contributed by atoms with Crippen LogP contribution < -0.4 is 11.1 Å². The third-order valence-corrected chi connectivity index (χ3v) is 4.26. The Hall–Kier alpha value is -1.32. The van der Waals surface area contributed by atoms with Crippen LogP contribution in [0.15, 0.2) is 6.33 Å². The van der Waals surface area contributed by atoms with Crippen LogP contribution in [0.2, 0.25) is 0 Å². The topological polar surface area (TPSA) is 63.8 Å². The normalized spacial score (nSPS) is 17.9. The fourth-order valence-corrected chi connectivity index (χ4v) is 3.36. The van der Waals surface area contributed by atoms with Crippen molar-refractivity contribution in [1.29, 1.82) is 0 Å². The number of hydrogen-bond acceptors (Lipinski definition) is 4. The van der Waals surface area contributed by atoms with E-state index >= 15 is 0 Å². The molecule has 4 heteroatoms. The van der Waals surface area contributed by atoms with E-state index in [-0.39, 0.29) is 0 Å². The Morgan fingerprint density at radius 2 is 2.00 bits per heavy atom. The molecular formula is C15H26N4. The van der Waals surface area contributed by atoms with Crippen LogP contribution in [-0.2, 0) is 0 Å². The van der Waals surface area contributed by atoms with Gasteiger partial charge in [0.25, 0.3) is 0 Å². The van der Waals surface area contributed by atoms with Crippen LogP contribution in [0.5, 0.6) is 0 Å². The molecule has 106 valence electrons. The number of nitrogens with two attached hydrogens (primary N) is 1. The van der Waals surface area contributed by atoms with E-state index in [1.807, 2.05) is 6.92 Å². The molecule has 1 fully saturated rings. The lowest BCUT2D eigenvalue weighted by Crippen LogP contribution is -2.29. The molecule has 0 atom stereocenters. The van der Waals surface area contributed by atoms with Gasteiger partial charge in [-0.15, -0.1) is 0 Å². The standard InChI is InChI=1S/C15H26N4/c1-11(2)8-15(6-4-5-7-15)9-17-14-12(3)13(16)18-10-19-14/h10-11H,4-9H2,1-3H3,(H3,16,17,18,19). The molecule has 3 N–H and O–H groups in total. The Balaban J connectivity index is 2.05. The average molecular weight is 262 g/mol. The first-order valence-corrected chi connectivity index (χ1v) is 7.33. The minimum Gasteiger partial charge on any atom is -0.383 e. The highest BCUT2D eigenvalue weighted by Crippen LogP contribution is 2.43. The summed E-state index contributed by atoms with van der Waals surface area (Å²) in [5.41, 5.74) is 7.23. The molecule has 1 saturated carbocycles. The van der Waals surface area contributed by atoms with Crippen molar-refractivity contribution in [2.24, 2.45) is 11.3 Å². The number of nitrogens with zero attached hydrogens (tertiary/aromatic N) is 2. The van der Waals surface area contributed by atoms with Crippen LogP contribution in [0.3, 0.4) is 0 Å². The molecule has 1 aromatic heterocycles. The molecular weight excluding hydrogens is 236 g/mol. The van der Waals surface area contributed by atoms with Gasteiger partial charge in [-0.05, 0) is 37.5 Å². The van der Waals surface area contributed by atoms with Gasteiger partial charge < -0.3 is 11.1 Å². The lowest BCUT2D eigenvalue weighted by Gasteiger charge is -2.31. The minimum absolute atomic E-state index is 0.445. The van der Waals surface area contributed by atoms with Crippen LogP contribution in [-0.4, -0.2) is 16.5 Å². The third kappa shape index (κ3) is 3.37. The molecule has 0 radical (unpaired) electrons. The number of hydrogen-bond donors (Lipinski definition) is 2. The van der Waals surface area contributed by atoms with Gasteiger partial charge in [0.15, 0.2) is 0 Å². The van der Waals surface area contributed by atoms with E-state index in [2.05, 4.69) is 29.1 Å². The Bertz CT molecular complexity index is 422. The molecule has 0 spiro atoms. The molecule has 1 aromatic rings. The van der Waals surface area contributed by atoms with Gasteiger partial charge in [-0.1, -0.05) is 26.7 Å². The van der Waals surface area contributed by atoms with Crippen molar-refractivity contribution in [3.63, 3.8) is 0 Å². The van der Waals surface area contributed by atoms with Crippen LogP contribution in [0.25, 0.3) is 0 Å². The van der Waals surface area contributed by atoms with Crippen molar-refractivity contribution in [3.8, 4) is 0 Å². The first-order chi connectivity index (χ1) is 9.02. The van der Waals surface area contributed by atoms with Crippen LogP contribution in [0.1, 0.15) is 51.5 Å². The second kappa shape index (κ2) is 5.76. The largest absolute Gasteiger partial charge is 0.383 e. The lowest BCUT2D eigenvalue weighted by atomic mass is 9.78. The SMILES string of the molecule is Cc1c(N)ncnc1NCC1(CC(C)C)CCCC1. The molecule has 0 unspecified atom stereocenters. The van der Waals surface area contributed by atoms with Gasteiger partial charge in [0.2, 0.25) is 0 Å². The summed E-state index contributed by atoms with van der Waals surface area (Å²) in [4.78, 5) is 8.32. The summed E-state index contributed by atoms with van der Waals surface area (Å²) in [6, 6.07) is 0. The highest BCUT2D eigenvalue weighted by molar-refractivity contribution is 5.53. The molecule has 0 aliphatic heterocycles. The second-order valence-corrected chi connectivity index (χ2v) is 6.39. The van der Waals surface area contributed by atoms with Crippen molar-refractivity contribution < 1.29 is 0 Å². The molecule has 4 nitrogen and oxygen atoms in total. The molecule has 0 bridgehead atoms. The summed E-state index contributed by atoms with van der Waals surface area (Å²) < 4.78 is 0. The van der Waals surface area contributed by atoms with Crippen molar-refractivity contribution in [2.45, 2.75) is 52.9 Å². The Morgan fingerprint density at radius 1 is 1.32 bits per heavy atom. The first kappa shape index (κ1) is 14.1.